The van der Waals surface area contributed by atoms with Gasteiger partial charge in [-0.3, -0.25) is 10.1 Å². The van der Waals surface area contributed by atoms with E-state index in [2.05, 4.69) is 26.3 Å². The van der Waals surface area contributed by atoms with Crippen molar-refractivity contribution in [2.75, 3.05) is 11.9 Å². The lowest BCUT2D eigenvalue weighted by Gasteiger charge is -2.05. The Bertz CT molecular complexity index is 738. The minimum atomic E-state index is -0.498. The predicted molar refractivity (Wildman–Crippen MR) is 75.0 cm³/mol. The van der Waals surface area contributed by atoms with Crippen LogP contribution < -0.4 is 5.32 Å². The number of aromatic nitrogens is 2. The smallest absolute Gasteiger partial charge is 0.300 e. The van der Waals surface area contributed by atoms with E-state index in [1.165, 1.54) is 10.9 Å². The van der Waals surface area contributed by atoms with Crippen LogP contribution in [0.3, 0.4) is 0 Å². The summed E-state index contributed by atoms with van der Waals surface area (Å²) in [5.41, 5.74) is 1.12. The molecule has 1 N–H and O–H groups in total. The maximum absolute atomic E-state index is 10.9. The zero-order valence-electron chi connectivity index (χ0n) is 10.3. The van der Waals surface area contributed by atoms with E-state index in [0.717, 1.165) is 6.42 Å². The van der Waals surface area contributed by atoms with Crippen molar-refractivity contribution >= 4 is 33.7 Å². The Morgan fingerprint density at radius 1 is 1.30 bits per heavy atom. The first-order valence-electron chi connectivity index (χ1n) is 5.91. The number of non-ortho nitro benzene ring substituents is 1. The Morgan fingerprint density at radius 3 is 2.90 bits per heavy atom. The molecule has 0 saturated heterocycles. The summed E-state index contributed by atoms with van der Waals surface area (Å²) in [6, 6.07) is 7.10. The molecule has 2 heterocycles. The quantitative estimate of drug-likeness (QED) is 0.573. The van der Waals surface area contributed by atoms with Crippen molar-refractivity contribution in [3.63, 3.8) is 0 Å². The molecule has 0 atom stereocenters. The third-order valence-electron chi connectivity index (χ3n) is 2.86. The van der Waals surface area contributed by atoms with Crippen LogP contribution in [0.4, 0.5) is 11.4 Å². The van der Waals surface area contributed by atoms with E-state index in [1.54, 1.807) is 17.4 Å². The molecule has 0 aliphatic carbocycles. The Balaban J connectivity index is 1.80. The van der Waals surface area contributed by atoms with Crippen LogP contribution in [-0.2, 0) is 6.42 Å². The number of thiophene rings is 1. The summed E-state index contributed by atoms with van der Waals surface area (Å²) in [4.78, 5) is 11.6. The van der Waals surface area contributed by atoms with Gasteiger partial charge in [0.1, 0.15) is 0 Å². The number of fused-ring (bicyclic) bond motifs is 1. The third kappa shape index (κ3) is 2.32. The Labute approximate surface area is 117 Å². The van der Waals surface area contributed by atoms with Gasteiger partial charge in [0, 0.05) is 17.5 Å². The largest absolute Gasteiger partial charge is 0.383 e. The SMILES string of the molecule is O=[N+]([O-])c1ccc(NCCc2cccs2)c2nonc12. The van der Waals surface area contributed by atoms with E-state index >= 15 is 0 Å². The first-order chi connectivity index (χ1) is 9.75. The molecule has 0 amide bonds. The molecule has 1 aromatic carbocycles. The molecule has 102 valence electrons. The number of anilines is 1. The molecule has 7 nitrogen and oxygen atoms in total. The summed E-state index contributed by atoms with van der Waals surface area (Å²) in [7, 11) is 0. The highest BCUT2D eigenvalue weighted by Gasteiger charge is 2.19. The first kappa shape index (κ1) is 12.5. The lowest BCUT2D eigenvalue weighted by molar-refractivity contribution is -0.383. The van der Waals surface area contributed by atoms with Gasteiger partial charge in [-0.05, 0) is 34.2 Å². The zero-order chi connectivity index (χ0) is 13.9. The Hall–Kier alpha value is -2.48. The maximum Gasteiger partial charge on any atom is 0.300 e. The van der Waals surface area contributed by atoms with E-state index in [4.69, 9.17) is 0 Å². The van der Waals surface area contributed by atoms with Crippen LogP contribution in [0, 0.1) is 10.1 Å². The minimum Gasteiger partial charge on any atom is -0.383 e. The number of rotatable bonds is 5. The van der Waals surface area contributed by atoms with Crippen molar-refractivity contribution in [3.05, 3.63) is 44.6 Å². The van der Waals surface area contributed by atoms with E-state index in [-0.39, 0.29) is 11.2 Å². The van der Waals surface area contributed by atoms with Crippen LogP contribution >= 0.6 is 11.3 Å². The van der Waals surface area contributed by atoms with E-state index in [9.17, 15) is 10.1 Å². The lowest BCUT2D eigenvalue weighted by atomic mass is 10.2. The van der Waals surface area contributed by atoms with Crippen LogP contribution in [-0.4, -0.2) is 21.8 Å². The molecule has 0 saturated carbocycles. The first-order valence-corrected chi connectivity index (χ1v) is 6.79. The van der Waals surface area contributed by atoms with Gasteiger partial charge in [0.05, 0.1) is 10.6 Å². The number of hydrogen-bond acceptors (Lipinski definition) is 7. The minimum absolute atomic E-state index is 0.106. The van der Waals surface area contributed by atoms with Crippen molar-refractivity contribution in [1.82, 2.24) is 10.3 Å². The van der Waals surface area contributed by atoms with Gasteiger partial charge >= 0.3 is 5.69 Å². The Kier molecular flexibility index (Phi) is 3.30. The van der Waals surface area contributed by atoms with Crippen molar-refractivity contribution in [1.29, 1.82) is 0 Å². The number of benzene rings is 1. The van der Waals surface area contributed by atoms with Gasteiger partial charge in [0.2, 0.25) is 5.52 Å². The summed E-state index contributed by atoms with van der Waals surface area (Å²) < 4.78 is 4.61. The van der Waals surface area contributed by atoms with Crippen molar-refractivity contribution in [2.24, 2.45) is 0 Å². The van der Waals surface area contributed by atoms with E-state index in [1.807, 2.05) is 11.4 Å². The monoisotopic (exact) mass is 290 g/mol. The zero-order valence-corrected chi connectivity index (χ0v) is 11.1. The van der Waals surface area contributed by atoms with Gasteiger partial charge < -0.3 is 5.32 Å². The summed E-state index contributed by atoms with van der Waals surface area (Å²) in [5.74, 6) is 0. The third-order valence-corrected chi connectivity index (χ3v) is 3.79. The molecule has 8 heteroatoms. The number of hydrogen-bond donors (Lipinski definition) is 1. The molecule has 0 aliphatic rings. The van der Waals surface area contributed by atoms with Gasteiger partial charge in [-0.1, -0.05) is 6.07 Å². The highest BCUT2D eigenvalue weighted by atomic mass is 32.1. The highest BCUT2D eigenvalue weighted by Crippen LogP contribution is 2.28. The topological polar surface area (TPSA) is 94.1 Å². The number of nitro benzene ring substituents is 1. The van der Waals surface area contributed by atoms with Crippen LogP contribution in [0.5, 0.6) is 0 Å². The molecule has 0 radical (unpaired) electrons. The molecule has 0 aliphatic heterocycles. The van der Waals surface area contributed by atoms with Gasteiger partial charge in [-0.2, -0.15) is 0 Å². The molecule has 3 rings (SSSR count). The van der Waals surface area contributed by atoms with Crippen LogP contribution in [0.15, 0.2) is 34.3 Å². The molecule has 0 fully saturated rings. The fraction of sp³-hybridized carbons (Fsp3) is 0.167. The lowest BCUT2D eigenvalue weighted by Crippen LogP contribution is -2.04. The fourth-order valence-corrected chi connectivity index (χ4v) is 2.63. The second kappa shape index (κ2) is 5.25. The molecular weight excluding hydrogens is 280 g/mol. The molecule has 0 spiro atoms. The summed E-state index contributed by atoms with van der Waals surface area (Å²) in [6.07, 6.45) is 0.876. The summed E-state index contributed by atoms with van der Waals surface area (Å²) in [5, 5.41) is 23.4. The van der Waals surface area contributed by atoms with E-state index in [0.29, 0.717) is 17.7 Å². The second-order valence-corrected chi connectivity index (χ2v) is 5.14. The predicted octanol–water partition coefficient (Wildman–Crippen LogP) is 2.85. The summed E-state index contributed by atoms with van der Waals surface area (Å²) in [6.45, 7) is 0.709. The van der Waals surface area contributed by atoms with Gasteiger partial charge in [-0.15, -0.1) is 11.3 Å². The second-order valence-electron chi connectivity index (χ2n) is 4.11. The van der Waals surface area contributed by atoms with Crippen LogP contribution in [0.2, 0.25) is 0 Å². The molecule has 3 aromatic rings. The number of nitro groups is 1. The van der Waals surface area contributed by atoms with Crippen molar-refractivity contribution < 1.29 is 9.55 Å². The maximum atomic E-state index is 10.9. The number of nitrogens with one attached hydrogen (secondary N) is 1. The molecule has 2 aromatic heterocycles. The van der Waals surface area contributed by atoms with Gasteiger partial charge in [0.25, 0.3) is 0 Å². The van der Waals surface area contributed by atoms with Crippen molar-refractivity contribution in [3.8, 4) is 0 Å². The average molecular weight is 290 g/mol. The normalized spacial score (nSPS) is 10.8. The fourth-order valence-electron chi connectivity index (χ4n) is 1.92. The van der Waals surface area contributed by atoms with Gasteiger partial charge in [0.15, 0.2) is 5.52 Å². The van der Waals surface area contributed by atoms with Crippen molar-refractivity contribution in [2.45, 2.75) is 6.42 Å². The molecule has 20 heavy (non-hydrogen) atoms. The Morgan fingerprint density at radius 2 is 2.15 bits per heavy atom. The van der Waals surface area contributed by atoms with Gasteiger partial charge in [-0.25, -0.2) is 4.63 Å². The highest BCUT2D eigenvalue weighted by molar-refractivity contribution is 7.09. The average Bonchev–Trinajstić information content (AvgIpc) is 3.09. The number of nitrogens with zero attached hydrogens (tertiary/aromatic N) is 3. The molecular formula is C12H10N4O3S. The van der Waals surface area contributed by atoms with Crippen LogP contribution in [0.1, 0.15) is 4.88 Å². The molecule has 0 bridgehead atoms. The van der Waals surface area contributed by atoms with Crippen LogP contribution in [0.25, 0.3) is 11.0 Å². The standard InChI is InChI=1S/C12H10N4O3S/c17-16(18)10-4-3-9(11-12(10)15-19-14-11)13-6-5-8-2-1-7-20-8/h1-4,7,13H,5-6H2. The molecule has 0 unspecified atom stereocenters. The van der Waals surface area contributed by atoms with E-state index < -0.39 is 4.92 Å². The summed E-state index contributed by atoms with van der Waals surface area (Å²) >= 11 is 1.69.